The maximum atomic E-state index is 13.0. The number of piperidine rings is 1. The number of hydrogen-bond acceptors (Lipinski definition) is 5. The smallest absolute Gasteiger partial charge is 0.310 e. The van der Waals surface area contributed by atoms with Crippen molar-refractivity contribution in [1.29, 1.82) is 0 Å². The van der Waals surface area contributed by atoms with Gasteiger partial charge in [0.2, 0.25) is 10.0 Å². The second-order valence-electron chi connectivity index (χ2n) is 6.82. The van der Waals surface area contributed by atoms with Gasteiger partial charge in [0.05, 0.1) is 10.8 Å². The topological polar surface area (TPSA) is 92.8 Å². The Kier molecular flexibility index (Phi) is 8.37. The summed E-state index contributed by atoms with van der Waals surface area (Å²) >= 11 is 0. The lowest BCUT2D eigenvalue weighted by atomic mass is 10.00. The number of nitrogens with zero attached hydrogens (tertiary/aromatic N) is 1. The summed E-state index contributed by atoms with van der Waals surface area (Å²) in [5, 5.41) is 2.68. The number of nitrogens with one attached hydrogen (secondary N) is 1. The summed E-state index contributed by atoms with van der Waals surface area (Å²) < 4.78 is 44.7. The van der Waals surface area contributed by atoms with Crippen molar-refractivity contribution in [3.63, 3.8) is 0 Å². The third-order valence-electron chi connectivity index (χ3n) is 4.62. The van der Waals surface area contributed by atoms with Gasteiger partial charge in [-0.3, -0.25) is 9.59 Å². The molecule has 1 aromatic carbocycles. The van der Waals surface area contributed by atoms with Gasteiger partial charge in [-0.2, -0.15) is 4.31 Å². The van der Waals surface area contributed by atoms with E-state index in [0.717, 1.165) is 31.4 Å². The number of unbranched alkanes of at least 4 members (excludes halogenated alkanes) is 2. The fraction of sp³-hybridized carbons (Fsp3) is 0.579. The zero-order valence-corrected chi connectivity index (χ0v) is 16.8. The molecule has 1 atom stereocenters. The molecule has 1 aromatic rings. The Bertz CT molecular complexity index is 767. The average Bonchev–Trinajstić information content (AvgIpc) is 2.70. The molecule has 0 aliphatic carbocycles. The van der Waals surface area contributed by atoms with Crippen LogP contribution in [0.5, 0.6) is 0 Å². The highest BCUT2D eigenvalue weighted by atomic mass is 32.2. The lowest BCUT2D eigenvalue weighted by Crippen LogP contribution is -2.43. The van der Waals surface area contributed by atoms with Gasteiger partial charge in [0.25, 0.3) is 5.91 Å². The van der Waals surface area contributed by atoms with Gasteiger partial charge in [-0.15, -0.1) is 0 Å². The second-order valence-corrected chi connectivity index (χ2v) is 8.76. The van der Waals surface area contributed by atoms with Crippen LogP contribution in [-0.4, -0.2) is 50.8 Å². The maximum Gasteiger partial charge on any atom is 0.310 e. The number of amides is 1. The van der Waals surface area contributed by atoms with Crippen molar-refractivity contribution in [2.45, 2.75) is 43.9 Å². The highest BCUT2D eigenvalue weighted by molar-refractivity contribution is 7.89. The van der Waals surface area contributed by atoms with Crippen molar-refractivity contribution >= 4 is 21.9 Å². The molecule has 1 fully saturated rings. The maximum absolute atomic E-state index is 13.0. The lowest BCUT2D eigenvalue weighted by molar-refractivity contribution is -0.153. The molecule has 1 amide bonds. The Labute approximate surface area is 165 Å². The number of ether oxygens (including phenoxy) is 1. The highest BCUT2D eigenvalue weighted by Gasteiger charge is 2.34. The molecular weight excluding hydrogens is 387 g/mol. The molecule has 1 unspecified atom stereocenters. The van der Waals surface area contributed by atoms with Gasteiger partial charge in [0, 0.05) is 19.6 Å². The van der Waals surface area contributed by atoms with E-state index in [2.05, 4.69) is 12.2 Å². The fourth-order valence-electron chi connectivity index (χ4n) is 3.02. The normalized spacial score (nSPS) is 17.9. The van der Waals surface area contributed by atoms with E-state index in [0.29, 0.717) is 19.4 Å². The van der Waals surface area contributed by atoms with Crippen molar-refractivity contribution in [3.8, 4) is 0 Å². The van der Waals surface area contributed by atoms with Crippen LogP contribution in [0.15, 0.2) is 29.2 Å². The molecule has 28 heavy (non-hydrogen) atoms. The van der Waals surface area contributed by atoms with Crippen molar-refractivity contribution in [2.75, 3.05) is 26.2 Å². The molecule has 1 heterocycles. The van der Waals surface area contributed by atoms with Gasteiger partial charge >= 0.3 is 5.97 Å². The van der Waals surface area contributed by atoms with E-state index in [9.17, 15) is 22.4 Å². The zero-order valence-electron chi connectivity index (χ0n) is 16.0. The summed E-state index contributed by atoms with van der Waals surface area (Å²) in [5.41, 5.74) is 0. The van der Waals surface area contributed by atoms with Gasteiger partial charge in [-0.05, 0) is 43.5 Å². The Hall–Kier alpha value is -2.00. The average molecular weight is 414 g/mol. The number of esters is 1. The van der Waals surface area contributed by atoms with Gasteiger partial charge in [0.1, 0.15) is 5.82 Å². The molecule has 0 saturated carbocycles. The number of benzene rings is 1. The largest absolute Gasteiger partial charge is 0.455 e. The Morgan fingerprint density at radius 3 is 2.64 bits per heavy atom. The van der Waals surface area contributed by atoms with Gasteiger partial charge in [-0.1, -0.05) is 19.8 Å². The van der Waals surface area contributed by atoms with Gasteiger partial charge in [-0.25, -0.2) is 12.8 Å². The van der Waals surface area contributed by atoms with Crippen LogP contribution in [0.4, 0.5) is 4.39 Å². The zero-order chi connectivity index (χ0) is 20.6. The summed E-state index contributed by atoms with van der Waals surface area (Å²) in [5.74, 6) is -2.09. The van der Waals surface area contributed by atoms with E-state index in [4.69, 9.17) is 4.74 Å². The van der Waals surface area contributed by atoms with Gasteiger partial charge < -0.3 is 10.1 Å². The molecule has 1 N–H and O–H groups in total. The predicted octanol–water partition coefficient (Wildman–Crippen LogP) is 2.08. The van der Waals surface area contributed by atoms with Crippen LogP contribution < -0.4 is 5.32 Å². The monoisotopic (exact) mass is 414 g/mol. The van der Waals surface area contributed by atoms with Crippen LogP contribution in [-0.2, 0) is 24.3 Å². The summed E-state index contributed by atoms with van der Waals surface area (Å²) in [6.45, 7) is 2.49. The Morgan fingerprint density at radius 1 is 1.25 bits per heavy atom. The van der Waals surface area contributed by atoms with Gasteiger partial charge in [0.15, 0.2) is 6.61 Å². The van der Waals surface area contributed by atoms with E-state index in [1.807, 2.05) is 0 Å². The summed E-state index contributed by atoms with van der Waals surface area (Å²) in [4.78, 5) is 23.9. The van der Waals surface area contributed by atoms with E-state index in [1.54, 1.807) is 0 Å². The first-order valence-corrected chi connectivity index (χ1v) is 11.0. The van der Waals surface area contributed by atoms with Crippen LogP contribution >= 0.6 is 0 Å². The summed E-state index contributed by atoms with van der Waals surface area (Å²) in [6.07, 6.45) is 3.93. The molecule has 1 aliphatic rings. The number of rotatable bonds is 9. The van der Waals surface area contributed by atoms with Crippen LogP contribution in [0.2, 0.25) is 0 Å². The number of sulfonamides is 1. The standard InChI is InChI=1S/C19H27FN2O5S/c1-2-3-4-11-21-18(23)14-27-19(24)15-6-5-12-22(13-15)28(25,26)17-9-7-16(20)8-10-17/h7-10,15H,2-6,11-14H2,1H3,(H,21,23). The first-order valence-electron chi connectivity index (χ1n) is 9.53. The fourth-order valence-corrected chi connectivity index (χ4v) is 4.54. The number of carbonyl (C=O) groups is 2. The molecule has 2 rings (SSSR count). The molecule has 0 spiro atoms. The SMILES string of the molecule is CCCCCNC(=O)COC(=O)C1CCCN(S(=O)(=O)c2ccc(F)cc2)C1. The molecule has 9 heteroatoms. The molecule has 0 bridgehead atoms. The van der Waals surface area contributed by atoms with E-state index in [1.165, 1.54) is 16.4 Å². The van der Waals surface area contributed by atoms with E-state index < -0.39 is 27.7 Å². The first-order chi connectivity index (χ1) is 13.3. The van der Waals surface area contributed by atoms with Crippen molar-refractivity contribution in [3.05, 3.63) is 30.1 Å². The van der Waals surface area contributed by atoms with Crippen molar-refractivity contribution in [2.24, 2.45) is 5.92 Å². The van der Waals surface area contributed by atoms with E-state index >= 15 is 0 Å². The molecule has 0 radical (unpaired) electrons. The number of hydrogen-bond donors (Lipinski definition) is 1. The summed E-state index contributed by atoms with van der Waals surface area (Å²) in [7, 11) is -3.81. The predicted molar refractivity (Wildman–Crippen MR) is 101 cm³/mol. The lowest BCUT2D eigenvalue weighted by Gasteiger charge is -2.30. The quantitative estimate of drug-likeness (QED) is 0.493. The number of carbonyl (C=O) groups excluding carboxylic acids is 2. The minimum absolute atomic E-state index is 0.0172. The third kappa shape index (κ3) is 6.27. The minimum atomic E-state index is -3.81. The van der Waals surface area contributed by atoms with Crippen molar-refractivity contribution < 1.29 is 27.1 Å². The minimum Gasteiger partial charge on any atom is -0.455 e. The van der Waals surface area contributed by atoms with Crippen LogP contribution in [0.1, 0.15) is 39.0 Å². The van der Waals surface area contributed by atoms with E-state index in [-0.39, 0.29) is 30.5 Å². The van der Waals surface area contributed by atoms with Crippen LogP contribution in [0.3, 0.4) is 0 Å². The third-order valence-corrected chi connectivity index (χ3v) is 6.50. The van der Waals surface area contributed by atoms with Crippen LogP contribution in [0.25, 0.3) is 0 Å². The van der Waals surface area contributed by atoms with Crippen LogP contribution in [0, 0.1) is 11.7 Å². The highest BCUT2D eigenvalue weighted by Crippen LogP contribution is 2.24. The first kappa shape index (κ1) is 22.3. The van der Waals surface area contributed by atoms with Crippen molar-refractivity contribution in [1.82, 2.24) is 9.62 Å². The second kappa shape index (κ2) is 10.5. The Morgan fingerprint density at radius 2 is 1.96 bits per heavy atom. The molecular formula is C19H27FN2O5S. The molecule has 1 saturated heterocycles. The molecule has 1 aliphatic heterocycles. The number of halogens is 1. The summed E-state index contributed by atoms with van der Waals surface area (Å²) in [6, 6.07) is 4.58. The molecule has 0 aromatic heterocycles. The molecule has 156 valence electrons. The molecule has 7 nitrogen and oxygen atoms in total. The Balaban J connectivity index is 1.87.